The van der Waals surface area contributed by atoms with Crippen LogP contribution in [0.25, 0.3) is 0 Å². The molecule has 0 radical (unpaired) electrons. The normalized spacial score (nSPS) is 20.4. The van der Waals surface area contributed by atoms with Gasteiger partial charge in [0.2, 0.25) is 5.91 Å². The number of carbonyl (C=O) groups excluding carboxylic acids is 2. The summed E-state index contributed by atoms with van der Waals surface area (Å²) in [6, 6.07) is -1.02. The highest BCUT2D eigenvalue weighted by Gasteiger charge is 2.47. The van der Waals surface area contributed by atoms with Crippen LogP contribution in [-0.2, 0) is 23.8 Å². The number of hydrogen-bond acceptors (Lipinski definition) is 10. The van der Waals surface area contributed by atoms with Gasteiger partial charge >= 0.3 is 5.97 Å². The Balaban J connectivity index is 2.76. The summed E-state index contributed by atoms with van der Waals surface area (Å²) >= 11 is 0. The lowest BCUT2D eigenvalue weighted by Gasteiger charge is -2.41. The molecule has 6 N–H and O–H groups in total. The van der Waals surface area contributed by atoms with E-state index < -0.39 is 67.4 Å². The highest BCUT2D eigenvalue weighted by Crippen LogP contribution is 2.26. The van der Waals surface area contributed by atoms with Crippen LogP contribution in [0.2, 0.25) is 0 Å². The van der Waals surface area contributed by atoms with Gasteiger partial charge in [0.25, 0.3) is 0 Å². The van der Waals surface area contributed by atoms with Gasteiger partial charge in [-0.25, -0.2) is 0 Å². The maximum Gasteiger partial charge on any atom is 0.306 e. The van der Waals surface area contributed by atoms with E-state index in [0.29, 0.717) is 12.8 Å². The van der Waals surface area contributed by atoms with Crippen molar-refractivity contribution in [3.63, 3.8) is 0 Å². The van der Waals surface area contributed by atoms with Crippen molar-refractivity contribution in [2.75, 3.05) is 13.2 Å². The van der Waals surface area contributed by atoms with Gasteiger partial charge in [-0.3, -0.25) is 9.59 Å². The molecule has 386 valence electrons. The molecule has 0 aliphatic carbocycles. The monoisotopic (exact) mass is 936 g/mol. The molecule has 1 aliphatic heterocycles. The van der Waals surface area contributed by atoms with Gasteiger partial charge < -0.3 is 45.1 Å². The first-order valence-corrected chi connectivity index (χ1v) is 27.3. The summed E-state index contributed by atoms with van der Waals surface area (Å²) < 4.78 is 17.5. The van der Waals surface area contributed by atoms with Gasteiger partial charge in [0, 0.05) is 6.42 Å². The van der Waals surface area contributed by atoms with Crippen LogP contribution < -0.4 is 5.32 Å². The molecule has 0 saturated carbocycles. The van der Waals surface area contributed by atoms with Crippen LogP contribution in [0, 0.1) is 0 Å². The molecular formula is C55H101NO10. The second-order valence-electron chi connectivity index (χ2n) is 18.9. The lowest BCUT2D eigenvalue weighted by molar-refractivity contribution is -0.305. The summed E-state index contributed by atoms with van der Waals surface area (Å²) in [6.45, 7) is 5.65. The number of esters is 1. The number of allylic oxidation sites excluding steroid dienone is 5. The fourth-order valence-electron chi connectivity index (χ4n) is 8.45. The summed E-state index contributed by atoms with van der Waals surface area (Å²) in [6.07, 6.45) is 39.1. The average molecular weight is 936 g/mol. The van der Waals surface area contributed by atoms with Gasteiger partial charge in [-0.1, -0.05) is 218 Å². The highest BCUT2D eigenvalue weighted by molar-refractivity contribution is 5.80. The largest absolute Gasteiger partial charge is 0.454 e. The van der Waals surface area contributed by atoms with Crippen LogP contribution in [-0.4, -0.2) is 99.6 Å². The second-order valence-corrected chi connectivity index (χ2v) is 18.9. The first-order valence-electron chi connectivity index (χ1n) is 27.3. The Kier molecular flexibility index (Phi) is 41.4. The van der Waals surface area contributed by atoms with Gasteiger partial charge in [0.05, 0.1) is 25.4 Å². The molecule has 1 fully saturated rings. The molecule has 0 spiro atoms. The lowest BCUT2D eigenvalue weighted by atomic mass is 9.99. The molecule has 1 rings (SSSR count). The molecule has 11 heteroatoms. The Morgan fingerprint density at radius 3 is 1.62 bits per heavy atom. The number of hydrogen-bond donors (Lipinski definition) is 6. The van der Waals surface area contributed by atoms with E-state index in [9.17, 15) is 35.1 Å². The Hall–Kier alpha value is -2.12. The Morgan fingerprint density at radius 2 is 1.09 bits per heavy atom. The molecule has 1 heterocycles. The quantitative estimate of drug-likeness (QED) is 0.0196. The maximum absolute atomic E-state index is 13.3. The Bertz CT molecular complexity index is 1210. The molecule has 66 heavy (non-hydrogen) atoms. The first kappa shape index (κ1) is 61.9. The second kappa shape index (κ2) is 44.1. The summed E-state index contributed by atoms with van der Waals surface area (Å²) in [5.41, 5.74) is 0. The minimum absolute atomic E-state index is 0.126. The lowest BCUT2D eigenvalue weighted by Crippen LogP contribution is -2.61. The van der Waals surface area contributed by atoms with Crippen LogP contribution in [0.3, 0.4) is 0 Å². The molecule has 0 aromatic carbocycles. The Labute approximate surface area is 403 Å². The molecule has 1 amide bonds. The molecule has 1 saturated heterocycles. The average Bonchev–Trinajstić information content (AvgIpc) is 3.31. The maximum atomic E-state index is 13.3. The molecule has 8 unspecified atom stereocenters. The van der Waals surface area contributed by atoms with Crippen molar-refractivity contribution in [1.82, 2.24) is 5.32 Å². The smallest absolute Gasteiger partial charge is 0.306 e. The van der Waals surface area contributed by atoms with Gasteiger partial charge in [-0.05, 0) is 51.4 Å². The fourth-order valence-corrected chi connectivity index (χ4v) is 8.45. The topological polar surface area (TPSA) is 175 Å². The van der Waals surface area contributed by atoms with E-state index in [-0.39, 0.29) is 19.4 Å². The molecule has 0 bridgehead atoms. The molecule has 1 aliphatic rings. The summed E-state index contributed by atoms with van der Waals surface area (Å²) in [5.74, 6) is -1.20. The van der Waals surface area contributed by atoms with E-state index in [2.05, 4.69) is 50.4 Å². The molecule has 0 aromatic rings. The molecule has 8 atom stereocenters. The van der Waals surface area contributed by atoms with Crippen molar-refractivity contribution in [3.8, 4) is 0 Å². The summed E-state index contributed by atoms with van der Waals surface area (Å²) in [7, 11) is 0. The third-order valence-corrected chi connectivity index (χ3v) is 12.8. The number of aliphatic hydroxyl groups excluding tert-OH is 5. The number of amides is 1. The fraction of sp³-hybridized carbons (Fsp3) is 0.855. The molecular weight excluding hydrogens is 835 g/mol. The highest BCUT2D eigenvalue weighted by atomic mass is 16.7. The van der Waals surface area contributed by atoms with Crippen molar-refractivity contribution in [3.05, 3.63) is 36.5 Å². The number of ether oxygens (including phenoxy) is 3. The summed E-state index contributed by atoms with van der Waals surface area (Å²) in [5, 5.41) is 56.6. The molecule has 0 aromatic heterocycles. The third kappa shape index (κ3) is 32.6. The van der Waals surface area contributed by atoms with Gasteiger partial charge in [0.15, 0.2) is 12.4 Å². The van der Waals surface area contributed by atoms with E-state index in [1.54, 1.807) is 6.08 Å². The minimum atomic E-state index is -1.61. The third-order valence-electron chi connectivity index (χ3n) is 12.8. The van der Waals surface area contributed by atoms with Crippen LogP contribution >= 0.6 is 0 Å². The zero-order chi connectivity index (χ0) is 48.3. The van der Waals surface area contributed by atoms with Crippen molar-refractivity contribution < 1.29 is 49.3 Å². The predicted molar refractivity (Wildman–Crippen MR) is 269 cm³/mol. The van der Waals surface area contributed by atoms with Gasteiger partial charge in [0.1, 0.15) is 24.4 Å². The van der Waals surface area contributed by atoms with E-state index in [1.165, 1.54) is 103 Å². The summed E-state index contributed by atoms with van der Waals surface area (Å²) in [4.78, 5) is 26.4. The number of carbonyl (C=O) groups is 2. The van der Waals surface area contributed by atoms with Crippen LogP contribution in [0.1, 0.15) is 239 Å². The predicted octanol–water partition coefficient (Wildman–Crippen LogP) is 11.6. The number of nitrogens with one attached hydrogen (secondary N) is 1. The zero-order valence-corrected chi connectivity index (χ0v) is 42.3. The van der Waals surface area contributed by atoms with E-state index in [4.69, 9.17) is 14.2 Å². The number of rotatable bonds is 45. The SMILES string of the molecule is CC/C=C/C/C=C/CCCCCCCCC(O)C(=O)NC(COC1OC(CO)C(O)C(O)C1OC(=O)CCCCCCCCCCCCCCC)C(O)/C=C/CCCCCCCCCCC. The van der Waals surface area contributed by atoms with Crippen molar-refractivity contribution in [2.45, 2.75) is 288 Å². The van der Waals surface area contributed by atoms with Crippen LogP contribution in [0.15, 0.2) is 36.5 Å². The number of aliphatic hydroxyl groups is 5. The van der Waals surface area contributed by atoms with E-state index in [0.717, 1.165) is 89.9 Å². The number of unbranched alkanes of at least 4 members (excludes halogenated alkanes) is 27. The zero-order valence-electron chi connectivity index (χ0n) is 42.3. The van der Waals surface area contributed by atoms with E-state index in [1.807, 2.05) is 6.08 Å². The van der Waals surface area contributed by atoms with Crippen LogP contribution in [0.4, 0.5) is 0 Å². The van der Waals surface area contributed by atoms with E-state index >= 15 is 0 Å². The van der Waals surface area contributed by atoms with Gasteiger partial charge in [-0.2, -0.15) is 0 Å². The van der Waals surface area contributed by atoms with Crippen molar-refractivity contribution >= 4 is 11.9 Å². The van der Waals surface area contributed by atoms with Crippen molar-refractivity contribution in [2.24, 2.45) is 0 Å². The van der Waals surface area contributed by atoms with Crippen molar-refractivity contribution in [1.29, 1.82) is 0 Å². The minimum Gasteiger partial charge on any atom is -0.454 e. The van der Waals surface area contributed by atoms with Crippen LogP contribution in [0.5, 0.6) is 0 Å². The molecule has 11 nitrogen and oxygen atoms in total. The standard InChI is InChI=1S/C55H101NO10/c1-4-7-10-13-16-19-22-24-27-30-33-36-39-42-48(59)54(63)56-46(47(58)41-38-35-32-29-26-21-18-15-12-9-6-3)45-64-55-53(52(62)51(61)49(44-57)65-55)66-50(60)43-40-37-34-31-28-25-23-20-17-14-11-8-5-2/h7,10,16,19,38,41,46-49,51-53,55,57-59,61-62H,4-6,8-9,11-15,17-18,20-37,39-40,42-45H2,1-3H3,(H,56,63)/b10-7+,19-16+,41-38+. The first-order chi connectivity index (χ1) is 32.2. The Morgan fingerprint density at radius 1 is 0.606 bits per heavy atom. The van der Waals surface area contributed by atoms with Gasteiger partial charge in [-0.15, -0.1) is 0 Å².